The first-order valence-electron chi connectivity index (χ1n) is 15.3. The van der Waals surface area contributed by atoms with Crippen LogP contribution < -0.4 is 10.6 Å². The molecule has 40 heavy (non-hydrogen) atoms. The maximum absolute atomic E-state index is 12.5. The third-order valence-electron chi connectivity index (χ3n) is 6.97. The molecule has 2 rings (SSSR count). The summed E-state index contributed by atoms with van der Waals surface area (Å²) in [5.41, 5.74) is 0.176. The number of aromatic nitrogens is 4. The van der Waals surface area contributed by atoms with E-state index in [0.29, 0.717) is 24.7 Å². The van der Waals surface area contributed by atoms with Gasteiger partial charge in [0.1, 0.15) is 6.35 Å². The molecule has 0 aliphatic carbocycles. The molecule has 0 spiro atoms. The molecule has 0 aliphatic heterocycles. The Labute approximate surface area is 239 Å². The van der Waals surface area contributed by atoms with E-state index in [-0.39, 0.29) is 24.2 Å². The highest BCUT2D eigenvalue weighted by Crippen LogP contribution is 2.33. The quantitative estimate of drug-likeness (QED) is 0.0696. The van der Waals surface area contributed by atoms with E-state index >= 15 is 0 Å². The number of imidazole rings is 1. The van der Waals surface area contributed by atoms with Crippen LogP contribution in [0.5, 0.6) is 0 Å². The molecule has 0 aliphatic rings. The molecule has 0 amide bonds. The van der Waals surface area contributed by atoms with Crippen molar-refractivity contribution in [2.75, 3.05) is 31.2 Å². The minimum absolute atomic E-state index is 0.0492. The number of unbranched alkanes of at least 4 members (excludes halogenated alkanes) is 15. The Morgan fingerprint density at radius 1 is 0.875 bits per heavy atom. The summed E-state index contributed by atoms with van der Waals surface area (Å²) in [7, 11) is -4.23. The van der Waals surface area contributed by atoms with Gasteiger partial charge in [-0.05, 0) is 13.3 Å². The van der Waals surface area contributed by atoms with Crippen LogP contribution in [0.3, 0.4) is 0 Å². The van der Waals surface area contributed by atoms with E-state index in [4.69, 9.17) is 19.4 Å². The third-order valence-corrected chi connectivity index (χ3v) is 7.49. The monoisotopic (exact) mass is 585 g/mol. The number of ether oxygens (including phenoxy) is 1. The summed E-state index contributed by atoms with van der Waals surface area (Å²) in [4.78, 5) is 47.6. The Kier molecular flexibility index (Phi) is 17.3. The molecule has 0 fully saturated rings. The van der Waals surface area contributed by atoms with Gasteiger partial charge < -0.3 is 19.1 Å². The minimum atomic E-state index is -4.23. The van der Waals surface area contributed by atoms with Gasteiger partial charge in [-0.15, -0.1) is 0 Å². The second kappa shape index (κ2) is 20.2. The molecular formula is C28H52N5O6P. The molecule has 2 heterocycles. The summed E-state index contributed by atoms with van der Waals surface area (Å²) in [6, 6.07) is 0. The predicted molar refractivity (Wildman–Crippen MR) is 160 cm³/mol. The van der Waals surface area contributed by atoms with Crippen LogP contribution in [0.2, 0.25) is 0 Å². The topological polar surface area (TPSA) is 143 Å². The molecule has 3 N–H and O–H groups in total. The van der Waals surface area contributed by atoms with Crippen molar-refractivity contribution in [3.63, 3.8) is 0 Å². The number of aromatic amines is 1. The number of hydrogen-bond donors (Lipinski definition) is 3. The lowest BCUT2D eigenvalue weighted by molar-refractivity contribution is 0.103. The highest BCUT2D eigenvalue weighted by atomic mass is 31.2. The average Bonchev–Trinajstić information content (AvgIpc) is 3.33. The second-order valence-electron chi connectivity index (χ2n) is 10.5. The van der Waals surface area contributed by atoms with Crippen molar-refractivity contribution in [3.8, 4) is 0 Å². The van der Waals surface area contributed by atoms with Crippen LogP contribution in [-0.4, -0.2) is 55.4 Å². The molecular weight excluding hydrogens is 533 g/mol. The van der Waals surface area contributed by atoms with E-state index in [1.54, 1.807) is 9.63 Å². The summed E-state index contributed by atoms with van der Waals surface area (Å²) in [5, 5.41) is 1.58. The first-order chi connectivity index (χ1) is 19.4. The zero-order valence-corrected chi connectivity index (χ0v) is 25.6. The van der Waals surface area contributed by atoms with Crippen LogP contribution in [0.15, 0.2) is 11.1 Å². The SMILES string of the molecule is CCCCCCCCCCCCCCCCCCON(CC)c1nc2c(ncn2CCOCP(=O)(O)O)c(=O)[nH]1. The van der Waals surface area contributed by atoms with Gasteiger partial charge in [-0.25, -0.2) is 10.0 Å². The van der Waals surface area contributed by atoms with Crippen LogP contribution >= 0.6 is 7.60 Å². The summed E-state index contributed by atoms with van der Waals surface area (Å²) < 4.78 is 17.6. The van der Waals surface area contributed by atoms with Gasteiger partial charge in [0.2, 0.25) is 5.95 Å². The minimum Gasteiger partial charge on any atom is -0.367 e. The molecule has 2 aromatic rings. The van der Waals surface area contributed by atoms with E-state index in [0.717, 1.165) is 12.8 Å². The molecule has 230 valence electrons. The fourth-order valence-electron chi connectivity index (χ4n) is 4.70. The van der Waals surface area contributed by atoms with Crippen LogP contribution in [-0.2, 0) is 20.7 Å². The average molecular weight is 586 g/mol. The van der Waals surface area contributed by atoms with Gasteiger partial charge in [0, 0.05) is 13.1 Å². The maximum atomic E-state index is 12.5. The first kappa shape index (κ1) is 34.4. The van der Waals surface area contributed by atoms with Gasteiger partial charge in [0.05, 0.1) is 19.5 Å². The number of fused-ring (bicyclic) bond motifs is 1. The van der Waals surface area contributed by atoms with Gasteiger partial charge in [-0.1, -0.05) is 103 Å². The molecule has 0 saturated heterocycles. The van der Waals surface area contributed by atoms with Crippen molar-refractivity contribution in [2.45, 2.75) is 123 Å². The van der Waals surface area contributed by atoms with Gasteiger partial charge in [0.15, 0.2) is 11.2 Å². The predicted octanol–water partition coefficient (Wildman–Crippen LogP) is 6.29. The van der Waals surface area contributed by atoms with Crippen LogP contribution in [0.25, 0.3) is 11.2 Å². The maximum Gasteiger partial charge on any atom is 0.350 e. The van der Waals surface area contributed by atoms with Crippen molar-refractivity contribution < 1.29 is 23.9 Å². The molecule has 12 heteroatoms. The van der Waals surface area contributed by atoms with Crippen molar-refractivity contribution in [3.05, 3.63) is 16.7 Å². The number of hydroxylamine groups is 1. The molecule has 2 aromatic heterocycles. The Bertz CT molecular complexity index is 1040. The Balaban J connectivity index is 1.60. The Hall–Kier alpha value is -1.78. The fourth-order valence-corrected chi connectivity index (χ4v) is 5.06. The van der Waals surface area contributed by atoms with Gasteiger partial charge in [0.25, 0.3) is 5.56 Å². The standard InChI is InChI=1S/C28H52N5O6P/c1-3-5-6-7-8-9-10-11-12-13-14-15-16-17-18-19-21-39-33(4-2)28-30-26-25(27(34)31-28)29-23-32(26)20-22-38-24-40(35,36)37/h23H,3-22,24H2,1-2H3,(H,30,31,34)(H2,35,36,37). The normalized spacial score (nSPS) is 12.0. The number of rotatable bonds is 25. The molecule has 0 unspecified atom stereocenters. The molecule has 11 nitrogen and oxygen atoms in total. The van der Waals surface area contributed by atoms with Crippen LogP contribution in [0, 0.1) is 0 Å². The summed E-state index contributed by atoms with van der Waals surface area (Å²) in [6.45, 7) is 5.54. The molecule has 0 atom stereocenters. The Morgan fingerprint density at radius 3 is 1.95 bits per heavy atom. The lowest BCUT2D eigenvalue weighted by Gasteiger charge is -2.20. The van der Waals surface area contributed by atoms with Gasteiger partial charge in [-0.2, -0.15) is 4.98 Å². The van der Waals surface area contributed by atoms with Crippen molar-refractivity contribution in [1.82, 2.24) is 19.5 Å². The van der Waals surface area contributed by atoms with E-state index in [2.05, 4.69) is 21.9 Å². The molecule has 0 saturated carbocycles. The Morgan fingerprint density at radius 2 is 1.43 bits per heavy atom. The van der Waals surface area contributed by atoms with E-state index in [1.807, 2.05) is 6.92 Å². The highest BCUT2D eigenvalue weighted by Gasteiger charge is 2.16. The zero-order chi connectivity index (χ0) is 29.1. The van der Waals surface area contributed by atoms with Crippen LogP contribution in [0.4, 0.5) is 5.95 Å². The lowest BCUT2D eigenvalue weighted by atomic mass is 10.0. The number of anilines is 1. The van der Waals surface area contributed by atoms with Gasteiger partial charge in [-0.3, -0.25) is 19.2 Å². The summed E-state index contributed by atoms with van der Waals surface area (Å²) in [5.74, 6) is 0.300. The van der Waals surface area contributed by atoms with Crippen molar-refractivity contribution in [2.24, 2.45) is 0 Å². The van der Waals surface area contributed by atoms with E-state index in [1.165, 1.54) is 96.2 Å². The van der Waals surface area contributed by atoms with E-state index < -0.39 is 13.9 Å². The summed E-state index contributed by atoms with van der Waals surface area (Å²) in [6.07, 6.45) is 21.9. The molecule has 0 bridgehead atoms. The number of nitrogens with zero attached hydrogens (tertiary/aromatic N) is 4. The largest absolute Gasteiger partial charge is 0.367 e. The lowest BCUT2D eigenvalue weighted by Crippen LogP contribution is -2.28. The van der Waals surface area contributed by atoms with Crippen LogP contribution in [0.1, 0.15) is 117 Å². The third kappa shape index (κ3) is 14.2. The van der Waals surface area contributed by atoms with Crippen molar-refractivity contribution >= 4 is 24.7 Å². The fraction of sp³-hybridized carbons (Fsp3) is 0.821. The van der Waals surface area contributed by atoms with Gasteiger partial charge >= 0.3 is 7.60 Å². The summed E-state index contributed by atoms with van der Waals surface area (Å²) >= 11 is 0. The first-order valence-corrected chi connectivity index (χ1v) is 17.1. The highest BCUT2D eigenvalue weighted by molar-refractivity contribution is 7.51. The number of hydrogen-bond acceptors (Lipinski definition) is 7. The number of nitrogens with one attached hydrogen (secondary N) is 1. The second-order valence-corrected chi connectivity index (χ2v) is 12.1. The van der Waals surface area contributed by atoms with Crippen molar-refractivity contribution in [1.29, 1.82) is 0 Å². The molecule has 0 aromatic carbocycles. The number of H-pyrrole nitrogens is 1. The molecule has 0 radical (unpaired) electrons. The van der Waals surface area contributed by atoms with E-state index in [9.17, 15) is 9.36 Å². The zero-order valence-electron chi connectivity index (χ0n) is 24.7. The smallest absolute Gasteiger partial charge is 0.350 e.